The minimum absolute atomic E-state index is 0.113. The number of nitrogens with zero attached hydrogens (tertiary/aromatic N) is 5. The monoisotopic (exact) mass is 339 g/mol. The first-order valence-corrected chi connectivity index (χ1v) is 9.53. The third-order valence-corrected chi connectivity index (χ3v) is 5.70. The summed E-state index contributed by atoms with van der Waals surface area (Å²) in [5, 5.41) is 8.99. The van der Waals surface area contributed by atoms with Crippen LogP contribution in [-0.4, -0.2) is 58.2 Å². The zero-order chi connectivity index (χ0) is 16.4. The van der Waals surface area contributed by atoms with Crippen LogP contribution >= 0.6 is 0 Å². The van der Waals surface area contributed by atoms with Crippen LogP contribution in [-0.2, 0) is 27.5 Å². The van der Waals surface area contributed by atoms with Crippen molar-refractivity contribution in [3.05, 3.63) is 18.1 Å². The summed E-state index contributed by atoms with van der Waals surface area (Å²) in [6, 6.07) is 1.71. The van der Waals surface area contributed by atoms with Crippen LogP contribution in [0.25, 0.3) is 11.5 Å². The molecular weight excluding hydrogens is 318 g/mol. The highest BCUT2D eigenvalue weighted by Gasteiger charge is 2.32. The second-order valence-corrected chi connectivity index (χ2v) is 7.88. The lowest BCUT2D eigenvalue weighted by atomic mass is 10.2. The summed E-state index contributed by atoms with van der Waals surface area (Å²) in [4.78, 5) is 4.56. The van der Waals surface area contributed by atoms with Gasteiger partial charge in [-0.15, -0.1) is 0 Å². The van der Waals surface area contributed by atoms with Crippen molar-refractivity contribution < 1.29 is 13.2 Å². The molecule has 1 fully saturated rings. The molecule has 3 heterocycles. The fourth-order valence-electron chi connectivity index (χ4n) is 2.72. The minimum Gasteiger partial charge on any atom is -0.384 e. The number of rotatable bonds is 6. The molecule has 0 spiro atoms. The Hall–Kier alpha value is -1.74. The molecule has 1 aliphatic heterocycles. The lowest BCUT2D eigenvalue weighted by Gasteiger charge is -2.10. The summed E-state index contributed by atoms with van der Waals surface area (Å²) in [6.07, 6.45) is 3.04. The highest BCUT2D eigenvalue weighted by molar-refractivity contribution is 7.91. The molecule has 1 saturated heterocycles. The molecule has 0 saturated carbocycles. The van der Waals surface area contributed by atoms with E-state index < -0.39 is 9.84 Å². The third kappa shape index (κ3) is 3.45. The van der Waals surface area contributed by atoms with Gasteiger partial charge in [0.1, 0.15) is 5.69 Å². The minimum atomic E-state index is -2.99. The first-order chi connectivity index (χ1) is 11.0. The standard InChI is InChI=1S/C14H21N5O3S/c1-3-18-7-4-12(16-18)14-15-13(5-8-22-2)17-19(14)11-6-9-23(20,21)10-11/h4,7,11H,3,5-6,8-10H2,1-2H3/t11-/m1/s1. The van der Waals surface area contributed by atoms with Gasteiger partial charge in [-0.25, -0.2) is 18.1 Å². The Labute approximate surface area is 135 Å². The molecule has 0 aliphatic carbocycles. The lowest BCUT2D eigenvalue weighted by molar-refractivity contribution is 0.200. The Kier molecular flexibility index (Phi) is 4.49. The lowest BCUT2D eigenvalue weighted by Crippen LogP contribution is -2.14. The zero-order valence-electron chi connectivity index (χ0n) is 13.3. The highest BCUT2D eigenvalue weighted by atomic mass is 32.2. The average Bonchev–Trinajstić information content (AvgIpc) is 3.21. The Balaban J connectivity index is 1.97. The zero-order valence-corrected chi connectivity index (χ0v) is 14.2. The van der Waals surface area contributed by atoms with Crippen LogP contribution in [0.2, 0.25) is 0 Å². The van der Waals surface area contributed by atoms with Gasteiger partial charge in [-0.2, -0.15) is 10.2 Å². The molecule has 0 bridgehead atoms. The van der Waals surface area contributed by atoms with E-state index in [0.717, 1.165) is 6.54 Å². The van der Waals surface area contributed by atoms with Crippen LogP contribution in [0.4, 0.5) is 0 Å². The van der Waals surface area contributed by atoms with Crippen LogP contribution < -0.4 is 0 Å². The maximum atomic E-state index is 11.8. The van der Waals surface area contributed by atoms with Gasteiger partial charge < -0.3 is 4.74 Å². The highest BCUT2D eigenvalue weighted by Crippen LogP contribution is 2.27. The van der Waals surface area contributed by atoms with E-state index in [1.165, 1.54) is 0 Å². The van der Waals surface area contributed by atoms with Gasteiger partial charge in [0, 0.05) is 26.3 Å². The maximum absolute atomic E-state index is 11.8. The molecule has 0 unspecified atom stereocenters. The molecule has 0 aromatic carbocycles. The number of hydrogen-bond acceptors (Lipinski definition) is 6. The summed E-state index contributed by atoms with van der Waals surface area (Å²) >= 11 is 0. The average molecular weight is 339 g/mol. The molecule has 2 aromatic rings. The van der Waals surface area contributed by atoms with Crippen molar-refractivity contribution in [2.75, 3.05) is 25.2 Å². The number of ether oxygens (including phenoxy) is 1. The molecule has 2 aromatic heterocycles. The van der Waals surface area contributed by atoms with E-state index in [9.17, 15) is 8.42 Å². The molecule has 23 heavy (non-hydrogen) atoms. The van der Waals surface area contributed by atoms with Gasteiger partial charge in [0.05, 0.1) is 24.2 Å². The van der Waals surface area contributed by atoms with Gasteiger partial charge in [-0.05, 0) is 19.4 Å². The van der Waals surface area contributed by atoms with E-state index in [-0.39, 0.29) is 17.5 Å². The molecule has 0 radical (unpaired) electrons. The molecule has 126 valence electrons. The summed E-state index contributed by atoms with van der Waals surface area (Å²) in [6.45, 7) is 3.30. The molecule has 0 N–H and O–H groups in total. The smallest absolute Gasteiger partial charge is 0.179 e. The van der Waals surface area contributed by atoms with Crippen LogP contribution in [0.3, 0.4) is 0 Å². The topological polar surface area (TPSA) is 91.9 Å². The van der Waals surface area contributed by atoms with Crippen LogP contribution in [0.15, 0.2) is 12.3 Å². The maximum Gasteiger partial charge on any atom is 0.179 e. The predicted octanol–water partition coefficient (Wildman–Crippen LogP) is 0.710. The first-order valence-electron chi connectivity index (χ1n) is 7.71. The number of aromatic nitrogens is 5. The number of aryl methyl sites for hydroxylation is 1. The normalized spacial score (nSPS) is 20.2. The van der Waals surface area contributed by atoms with E-state index in [0.29, 0.717) is 36.8 Å². The predicted molar refractivity (Wildman–Crippen MR) is 84.8 cm³/mol. The first kappa shape index (κ1) is 16.1. The molecular formula is C14H21N5O3S. The van der Waals surface area contributed by atoms with Crippen molar-refractivity contribution >= 4 is 9.84 Å². The van der Waals surface area contributed by atoms with Gasteiger partial charge in [0.15, 0.2) is 21.5 Å². The number of methoxy groups -OCH3 is 1. The van der Waals surface area contributed by atoms with Crippen molar-refractivity contribution in [1.29, 1.82) is 0 Å². The second-order valence-electron chi connectivity index (χ2n) is 5.65. The van der Waals surface area contributed by atoms with E-state index in [2.05, 4.69) is 15.2 Å². The van der Waals surface area contributed by atoms with E-state index in [1.54, 1.807) is 11.8 Å². The SMILES string of the molecule is CCn1ccc(-c2nc(CCOC)nn2[C@@H]2CCS(=O)(=O)C2)n1. The van der Waals surface area contributed by atoms with Crippen molar-refractivity contribution in [1.82, 2.24) is 24.5 Å². The van der Waals surface area contributed by atoms with Gasteiger partial charge in [0.2, 0.25) is 0 Å². The van der Waals surface area contributed by atoms with E-state index >= 15 is 0 Å². The largest absolute Gasteiger partial charge is 0.384 e. The molecule has 8 nitrogen and oxygen atoms in total. The quantitative estimate of drug-likeness (QED) is 0.770. The Bertz CT molecular complexity index is 780. The van der Waals surface area contributed by atoms with E-state index in [4.69, 9.17) is 4.74 Å². The second kappa shape index (κ2) is 6.40. The number of hydrogen-bond donors (Lipinski definition) is 0. The summed E-state index contributed by atoms with van der Waals surface area (Å²) in [7, 11) is -1.36. The van der Waals surface area contributed by atoms with Crippen molar-refractivity contribution in [2.45, 2.75) is 32.4 Å². The fourth-order valence-corrected chi connectivity index (χ4v) is 4.41. The Morgan fingerprint density at radius 2 is 2.22 bits per heavy atom. The third-order valence-electron chi connectivity index (χ3n) is 3.95. The van der Waals surface area contributed by atoms with Gasteiger partial charge in [0.25, 0.3) is 0 Å². The Morgan fingerprint density at radius 3 is 2.83 bits per heavy atom. The van der Waals surface area contributed by atoms with Crippen molar-refractivity contribution in [2.24, 2.45) is 0 Å². The fraction of sp³-hybridized carbons (Fsp3) is 0.643. The summed E-state index contributed by atoms with van der Waals surface area (Å²) < 4.78 is 32.2. The molecule has 1 aliphatic rings. The molecule has 9 heteroatoms. The van der Waals surface area contributed by atoms with Gasteiger partial charge in [-0.1, -0.05) is 0 Å². The van der Waals surface area contributed by atoms with Crippen LogP contribution in [0.5, 0.6) is 0 Å². The van der Waals surface area contributed by atoms with Crippen LogP contribution in [0.1, 0.15) is 25.2 Å². The van der Waals surface area contributed by atoms with E-state index in [1.807, 2.05) is 23.9 Å². The molecule has 3 rings (SSSR count). The van der Waals surface area contributed by atoms with Gasteiger partial charge >= 0.3 is 0 Å². The molecule has 1 atom stereocenters. The summed E-state index contributed by atoms with van der Waals surface area (Å²) in [5.74, 6) is 1.60. The summed E-state index contributed by atoms with van der Waals surface area (Å²) in [5.41, 5.74) is 0.715. The van der Waals surface area contributed by atoms with Crippen molar-refractivity contribution in [3.63, 3.8) is 0 Å². The number of sulfone groups is 1. The van der Waals surface area contributed by atoms with Crippen LogP contribution in [0, 0.1) is 0 Å². The van der Waals surface area contributed by atoms with Crippen molar-refractivity contribution in [3.8, 4) is 11.5 Å². The van der Waals surface area contributed by atoms with Gasteiger partial charge in [-0.3, -0.25) is 4.68 Å². The Morgan fingerprint density at radius 1 is 1.39 bits per heavy atom. The molecule has 0 amide bonds.